The molecule has 1 aromatic carbocycles. The number of nitrogens with zero attached hydrogens (tertiary/aromatic N) is 1. The van der Waals surface area contributed by atoms with Crippen molar-refractivity contribution in [1.29, 1.82) is 0 Å². The smallest absolute Gasteiger partial charge is 0.326 e. The van der Waals surface area contributed by atoms with E-state index in [4.69, 9.17) is 9.47 Å². The van der Waals surface area contributed by atoms with E-state index in [1.54, 1.807) is 6.92 Å². The van der Waals surface area contributed by atoms with Gasteiger partial charge >= 0.3 is 5.97 Å². The molecule has 2 aliphatic rings. The molecule has 0 fully saturated rings. The summed E-state index contributed by atoms with van der Waals surface area (Å²) in [6.07, 6.45) is 4.85. The lowest BCUT2D eigenvalue weighted by molar-refractivity contribution is -0.151. The maximum atomic E-state index is 13.2. The average Bonchev–Trinajstić information content (AvgIpc) is 2.67. The van der Waals surface area contributed by atoms with Crippen LogP contribution in [0.4, 0.5) is 5.69 Å². The molecule has 0 unspecified atom stereocenters. The predicted octanol–water partition coefficient (Wildman–Crippen LogP) is 2.40. The third-order valence-corrected chi connectivity index (χ3v) is 4.43. The lowest BCUT2D eigenvalue weighted by Gasteiger charge is -2.32. The average molecular weight is 315 g/mol. The highest BCUT2D eigenvalue weighted by molar-refractivity contribution is 6.09. The van der Waals surface area contributed by atoms with Crippen LogP contribution < -0.4 is 4.90 Å². The van der Waals surface area contributed by atoms with Crippen LogP contribution in [0.3, 0.4) is 0 Å². The molecule has 0 saturated carbocycles. The Labute approximate surface area is 135 Å². The number of hydrogen-bond donors (Lipinski definition) is 0. The standard InChI is InChI=1S/C18H21NO4/c1-3-22-16(20)12-19-15-10-5-4-9-14(15)18(17(19)21)13(2)8-6-7-11-23-18/h4-6,8-10,13H,3,7,11-12H2,1-2H3/t13-,18-/m1/s1. The Morgan fingerprint density at radius 2 is 2.22 bits per heavy atom. The Kier molecular flexibility index (Phi) is 4.22. The quantitative estimate of drug-likeness (QED) is 0.635. The molecule has 1 amide bonds. The van der Waals surface area contributed by atoms with Crippen LogP contribution in [0.25, 0.3) is 0 Å². The fourth-order valence-corrected chi connectivity index (χ4v) is 3.38. The van der Waals surface area contributed by atoms with Gasteiger partial charge in [0.15, 0.2) is 5.60 Å². The number of amides is 1. The minimum absolute atomic E-state index is 0.0920. The summed E-state index contributed by atoms with van der Waals surface area (Å²) in [5.41, 5.74) is 0.511. The van der Waals surface area contributed by atoms with Gasteiger partial charge in [0, 0.05) is 11.5 Å². The summed E-state index contributed by atoms with van der Waals surface area (Å²) < 4.78 is 11.1. The van der Waals surface area contributed by atoms with Crippen molar-refractivity contribution < 1.29 is 19.1 Å². The first kappa shape index (κ1) is 15.7. The van der Waals surface area contributed by atoms with E-state index in [1.807, 2.05) is 43.3 Å². The lowest BCUT2D eigenvalue weighted by atomic mass is 9.83. The number of anilines is 1. The number of carbonyl (C=O) groups excluding carboxylic acids is 2. The number of rotatable bonds is 3. The van der Waals surface area contributed by atoms with Crippen molar-refractivity contribution >= 4 is 17.6 Å². The number of ether oxygens (including phenoxy) is 2. The summed E-state index contributed by atoms with van der Waals surface area (Å²) in [4.78, 5) is 26.6. The second-order valence-corrected chi connectivity index (χ2v) is 5.80. The van der Waals surface area contributed by atoms with Crippen molar-refractivity contribution in [3.05, 3.63) is 42.0 Å². The zero-order valence-electron chi connectivity index (χ0n) is 13.5. The Morgan fingerprint density at radius 1 is 1.43 bits per heavy atom. The number of carbonyl (C=O) groups is 2. The molecule has 3 rings (SSSR count). The van der Waals surface area contributed by atoms with Crippen LogP contribution in [0.1, 0.15) is 25.8 Å². The molecule has 0 radical (unpaired) electrons. The molecule has 0 saturated heterocycles. The van der Waals surface area contributed by atoms with Gasteiger partial charge in [0.2, 0.25) is 0 Å². The first-order valence-corrected chi connectivity index (χ1v) is 7.99. The van der Waals surface area contributed by atoms with E-state index < -0.39 is 11.6 Å². The van der Waals surface area contributed by atoms with Gasteiger partial charge in [0.1, 0.15) is 6.54 Å². The molecule has 0 N–H and O–H groups in total. The lowest BCUT2D eigenvalue weighted by Crippen LogP contribution is -2.47. The van der Waals surface area contributed by atoms with E-state index in [2.05, 4.69) is 0 Å². The zero-order chi connectivity index (χ0) is 16.4. The Hall–Kier alpha value is -2.14. The SMILES string of the molecule is CCOC(=O)CN1C(=O)[C@]2(OCCC=C[C@H]2C)c2ccccc21. The van der Waals surface area contributed by atoms with Crippen LogP contribution in [-0.4, -0.2) is 31.6 Å². The summed E-state index contributed by atoms with van der Waals surface area (Å²) in [6.45, 7) is 4.41. The Bertz CT molecular complexity index is 654. The maximum Gasteiger partial charge on any atom is 0.326 e. The van der Waals surface area contributed by atoms with Crippen LogP contribution in [0.15, 0.2) is 36.4 Å². The van der Waals surface area contributed by atoms with E-state index >= 15 is 0 Å². The summed E-state index contributed by atoms with van der Waals surface area (Å²) in [6, 6.07) is 7.52. The molecule has 1 spiro atoms. The summed E-state index contributed by atoms with van der Waals surface area (Å²) in [5.74, 6) is -0.707. The highest BCUT2D eigenvalue weighted by Crippen LogP contribution is 2.48. The normalized spacial score (nSPS) is 26.3. The molecule has 1 aromatic rings. The van der Waals surface area contributed by atoms with Gasteiger partial charge in [-0.1, -0.05) is 37.3 Å². The number of benzene rings is 1. The molecule has 5 heteroatoms. The van der Waals surface area contributed by atoms with Gasteiger partial charge in [-0.15, -0.1) is 0 Å². The van der Waals surface area contributed by atoms with Gasteiger partial charge in [-0.25, -0.2) is 0 Å². The van der Waals surface area contributed by atoms with Gasteiger partial charge in [0.05, 0.1) is 18.9 Å². The van der Waals surface area contributed by atoms with Crippen LogP contribution in [0.2, 0.25) is 0 Å². The molecular formula is C18H21NO4. The molecule has 23 heavy (non-hydrogen) atoms. The van der Waals surface area contributed by atoms with Crippen molar-refractivity contribution in [1.82, 2.24) is 0 Å². The van der Waals surface area contributed by atoms with Crippen molar-refractivity contribution in [3.8, 4) is 0 Å². The van der Waals surface area contributed by atoms with Crippen LogP contribution in [-0.2, 0) is 24.7 Å². The summed E-state index contributed by atoms with van der Waals surface area (Å²) >= 11 is 0. The van der Waals surface area contributed by atoms with Gasteiger partial charge in [-0.05, 0) is 19.4 Å². The predicted molar refractivity (Wildman–Crippen MR) is 86.0 cm³/mol. The first-order chi connectivity index (χ1) is 11.1. The van der Waals surface area contributed by atoms with E-state index in [9.17, 15) is 9.59 Å². The van der Waals surface area contributed by atoms with Crippen LogP contribution in [0, 0.1) is 5.92 Å². The monoisotopic (exact) mass is 315 g/mol. The maximum absolute atomic E-state index is 13.2. The Balaban J connectivity index is 2.04. The van der Waals surface area contributed by atoms with Crippen molar-refractivity contribution in [2.45, 2.75) is 25.9 Å². The molecule has 5 nitrogen and oxygen atoms in total. The van der Waals surface area contributed by atoms with E-state index in [0.717, 1.165) is 17.7 Å². The highest BCUT2D eigenvalue weighted by atomic mass is 16.5. The van der Waals surface area contributed by atoms with Gasteiger partial charge in [-0.2, -0.15) is 0 Å². The summed E-state index contributed by atoms with van der Waals surface area (Å²) in [7, 11) is 0. The van der Waals surface area contributed by atoms with Crippen LogP contribution >= 0.6 is 0 Å². The molecular weight excluding hydrogens is 294 g/mol. The number of esters is 1. The molecule has 2 heterocycles. The third kappa shape index (κ3) is 2.45. The number of fused-ring (bicyclic) bond motifs is 2. The molecule has 0 bridgehead atoms. The first-order valence-electron chi connectivity index (χ1n) is 7.99. The van der Waals surface area contributed by atoms with Crippen LogP contribution in [0.5, 0.6) is 0 Å². The second kappa shape index (κ2) is 6.16. The molecule has 0 aliphatic carbocycles. The molecule has 0 aromatic heterocycles. The van der Waals surface area contributed by atoms with Crippen molar-refractivity contribution in [2.75, 3.05) is 24.7 Å². The van der Waals surface area contributed by atoms with Gasteiger partial charge < -0.3 is 9.47 Å². The number of para-hydroxylation sites is 1. The van der Waals surface area contributed by atoms with Crippen molar-refractivity contribution in [3.63, 3.8) is 0 Å². The molecule has 2 atom stereocenters. The molecule has 2 aliphatic heterocycles. The minimum Gasteiger partial charge on any atom is -0.465 e. The van der Waals surface area contributed by atoms with E-state index in [-0.39, 0.29) is 18.4 Å². The second-order valence-electron chi connectivity index (χ2n) is 5.80. The zero-order valence-corrected chi connectivity index (χ0v) is 13.5. The topological polar surface area (TPSA) is 55.8 Å². The fourth-order valence-electron chi connectivity index (χ4n) is 3.38. The largest absolute Gasteiger partial charge is 0.465 e. The van der Waals surface area contributed by atoms with Gasteiger partial charge in [0.25, 0.3) is 5.91 Å². The minimum atomic E-state index is -1.05. The fraction of sp³-hybridized carbons (Fsp3) is 0.444. The molecule has 122 valence electrons. The van der Waals surface area contributed by atoms with Gasteiger partial charge in [-0.3, -0.25) is 14.5 Å². The Morgan fingerprint density at radius 3 is 3.00 bits per heavy atom. The van der Waals surface area contributed by atoms with Crippen molar-refractivity contribution in [2.24, 2.45) is 5.92 Å². The highest BCUT2D eigenvalue weighted by Gasteiger charge is 2.55. The van der Waals surface area contributed by atoms with E-state index in [1.165, 1.54) is 4.90 Å². The number of hydrogen-bond acceptors (Lipinski definition) is 4. The summed E-state index contributed by atoms with van der Waals surface area (Å²) in [5, 5.41) is 0. The third-order valence-electron chi connectivity index (χ3n) is 4.43. The van der Waals surface area contributed by atoms with E-state index in [0.29, 0.717) is 13.2 Å².